The molecule has 0 unspecified atom stereocenters. The zero-order chi connectivity index (χ0) is 17.9. The van der Waals surface area contributed by atoms with Gasteiger partial charge in [0.05, 0.1) is 12.1 Å². The summed E-state index contributed by atoms with van der Waals surface area (Å²) in [6.45, 7) is 5.14. The molecular weight excluding hydrogens is 319 g/mol. The van der Waals surface area contributed by atoms with Crippen molar-refractivity contribution in [3.05, 3.63) is 35.6 Å². The predicted octanol–water partition coefficient (Wildman–Crippen LogP) is 3.16. The molecule has 5 heteroatoms. The zero-order valence-electron chi connectivity index (χ0n) is 15.2. The molecule has 0 radical (unpaired) electrons. The van der Waals surface area contributed by atoms with Crippen LogP contribution in [0.15, 0.2) is 24.3 Å². The predicted molar refractivity (Wildman–Crippen MR) is 95.6 cm³/mol. The van der Waals surface area contributed by atoms with E-state index in [0.29, 0.717) is 18.7 Å². The first-order chi connectivity index (χ1) is 12.0. The summed E-state index contributed by atoms with van der Waals surface area (Å²) in [4.78, 5) is 12.4. The van der Waals surface area contributed by atoms with Gasteiger partial charge in [0.1, 0.15) is 5.82 Å². The maximum atomic E-state index is 12.9. The Morgan fingerprint density at radius 3 is 2.64 bits per heavy atom. The third kappa shape index (κ3) is 3.87. The van der Waals surface area contributed by atoms with Crippen molar-refractivity contribution in [1.82, 2.24) is 10.6 Å². The van der Waals surface area contributed by atoms with Crippen molar-refractivity contribution in [3.8, 4) is 0 Å². The van der Waals surface area contributed by atoms with Gasteiger partial charge in [-0.2, -0.15) is 0 Å². The van der Waals surface area contributed by atoms with E-state index >= 15 is 0 Å². The first-order valence-corrected chi connectivity index (χ1v) is 9.45. The van der Waals surface area contributed by atoms with Crippen molar-refractivity contribution >= 4 is 5.91 Å². The van der Waals surface area contributed by atoms with E-state index in [1.54, 1.807) is 12.1 Å². The van der Waals surface area contributed by atoms with Gasteiger partial charge in [0.15, 0.2) is 0 Å². The average Bonchev–Trinajstić information content (AvgIpc) is 3.13. The Balaban J connectivity index is 1.50. The minimum absolute atomic E-state index is 0.0164. The van der Waals surface area contributed by atoms with Crippen molar-refractivity contribution in [2.75, 3.05) is 6.61 Å². The Morgan fingerprint density at radius 2 is 2.00 bits per heavy atom. The van der Waals surface area contributed by atoms with Crippen LogP contribution in [0.25, 0.3) is 0 Å². The third-order valence-corrected chi connectivity index (χ3v) is 5.91. The van der Waals surface area contributed by atoms with Gasteiger partial charge in [-0.1, -0.05) is 25.0 Å². The molecule has 3 rings (SSSR count). The monoisotopic (exact) mass is 348 g/mol. The number of amides is 1. The molecule has 4 nitrogen and oxygen atoms in total. The van der Waals surface area contributed by atoms with Gasteiger partial charge >= 0.3 is 0 Å². The molecule has 3 atom stereocenters. The molecule has 138 valence electrons. The first-order valence-electron chi connectivity index (χ1n) is 9.45. The fourth-order valence-electron chi connectivity index (χ4n) is 4.44. The van der Waals surface area contributed by atoms with Gasteiger partial charge in [-0.25, -0.2) is 4.39 Å². The highest BCUT2D eigenvalue weighted by molar-refractivity contribution is 5.81. The maximum absolute atomic E-state index is 12.9. The van der Waals surface area contributed by atoms with Crippen LogP contribution in [0.4, 0.5) is 4.39 Å². The average molecular weight is 348 g/mol. The summed E-state index contributed by atoms with van der Waals surface area (Å²) in [7, 11) is 0. The zero-order valence-corrected chi connectivity index (χ0v) is 15.2. The Morgan fingerprint density at radius 1 is 1.32 bits per heavy atom. The molecule has 2 N–H and O–H groups in total. The van der Waals surface area contributed by atoms with Crippen LogP contribution in [0.5, 0.6) is 0 Å². The second kappa shape index (κ2) is 7.83. The second-order valence-electron chi connectivity index (χ2n) is 7.41. The summed E-state index contributed by atoms with van der Waals surface area (Å²) in [6.07, 6.45) is 6.23. The Bertz CT molecular complexity index is 584. The van der Waals surface area contributed by atoms with Gasteiger partial charge in [-0.15, -0.1) is 0 Å². The van der Waals surface area contributed by atoms with Crippen LogP contribution in [-0.2, 0) is 16.1 Å². The van der Waals surface area contributed by atoms with Crippen LogP contribution < -0.4 is 10.6 Å². The number of hydrogen-bond donors (Lipinski definition) is 2. The number of halogens is 1. The topological polar surface area (TPSA) is 50.4 Å². The number of benzene rings is 1. The van der Waals surface area contributed by atoms with Crippen molar-refractivity contribution < 1.29 is 13.9 Å². The summed E-state index contributed by atoms with van der Waals surface area (Å²) in [5.41, 5.74) is 1.12. The summed E-state index contributed by atoms with van der Waals surface area (Å²) >= 11 is 0. The minimum Gasteiger partial charge on any atom is -0.378 e. The molecule has 0 aliphatic heterocycles. The molecule has 1 amide bonds. The quantitative estimate of drug-likeness (QED) is 0.796. The second-order valence-corrected chi connectivity index (χ2v) is 7.41. The van der Waals surface area contributed by atoms with Crippen LogP contribution in [0.3, 0.4) is 0 Å². The highest BCUT2D eigenvalue weighted by Gasteiger charge is 2.56. The molecule has 2 saturated carbocycles. The van der Waals surface area contributed by atoms with E-state index in [9.17, 15) is 9.18 Å². The summed E-state index contributed by atoms with van der Waals surface area (Å²) < 4.78 is 18.9. The molecule has 2 aliphatic rings. The maximum Gasteiger partial charge on any atom is 0.237 e. The van der Waals surface area contributed by atoms with Crippen molar-refractivity contribution in [2.45, 2.75) is 70.7 Å². The van der Waals surface area contributed by atoms with Gasteiger partial charge in [0.2, 0.25) is 5.91 Å². The molecule has 2 fully saturated rings. The number of carbonyl (C=O) groups is 1. The number of hydrogen-bond acceptors (Lipinski definition) is 3. The van der Waals surface area contributed by atoms with Gasteiger partial charge in [-0.05, 0) is 50.8 Å². The molecule has 1 aromatic carbocycles. The van der Waals surface area contributed by atoms with Crippen LogP contribution in [-0.4, -0.2) is 30.7 Å². The lowest BCUT2D eigenvalue weighted by atomic mass is 9.60. The van der Waals surface area contributed by atoms with E-state index in [-0.39, 0.29) is 23.2 Å². The fraction of sp³-hybridized carbons (Fsp3) is 0.650. The lowest BCUT2D eigenvalue weighted by molar-refractivity contribution is -0.138. The molecule has 1 spiro atoms. The van der Waals surface area contributed by atoms with E-state index < -0.39 is 0 Å². The molecule has 0 saturated heterocycles. The molecule has 0 heterocycles. The van der Waals surface area contributed by atoms with E-state index in [2.05, 4.69) is 17.6 Å². The lowest BCUT2D eigenvalue weighted by Crippen LogP contribution is -2.65. The molecular formula is C20H29FN2O2. The summed E-state index contributed by atoms with van der Waals surface area (Å²) in [5, 5.41) is 6.46. The highest BCUT2D eigenvalue weighted by Crippen LogP contribution is 2.54. The van der Waals surface area contributed by atoms with Gasteiger partial charge in [0, 0.05) is 24.6 Å². The van der Waals surface area contributed by atoms with Crippen LogP contribution >= 0.6 is 0 Å². The van der Waals surface area contributed by atoms with E-state index in [1.165, 1.54) is 37.8 Å². The largest absolute Gasteiger partial charge is 0.378 e. The SMILES string of the molecule is CCO[C@@H]1C[C@H](N[C@H](C)C(=O)NCc2ccc(F)cc2)C12CCCC2. The Hall–Kier alpha value is -1.46. The molecule has 1 aromatic rings. The van der Waals surface area contributed by atoms with E-state index in [4.69, 9.17) is 4.74 Å². The van der Waals surface area contributed by atoms with Crippen molar-refractivity contribution in [1.29, 1.82) is 0 Å². The van der Waals surface area contributed by atoms with Crippen molar-refractivity contribution in [3.63, 3.8) is 0 Å². The number of rotatable bonds is 7. The normalized spacial score (nSPS) is 25.6. The number of carbonyl (C=O) groups excluding carboxylic acids is 1. The number of ether oxygens (including phenoxy) is 1. The first kappa shape index (κ1) is 18.3. The van der Waals surface area contributed by atoms with Crippen LogP contribution in [0.1, 0.15) is 51.5 Å². The number of nitrogens with one attached hydrogen (secondary N) is 2. The lowest BCUT2D eigenvalue weighted by Gasteiger charge is -2.55. The molecule has 0 bridgehead atoms. The van der Waals surface area contributed by atoms with Crippen LogP contribution in [0, 0.1) is 11.2 Å². The Kier molecular flexibility index (Phi) is 5.74. The van der Waals surface area contributed by atoms with Gasteiger partial charge in [0.25, 0.3) is 0 Å². The van der Waals surface area contributed by atoms with E-state index in [1.807, 2.05) is 6.92 Å². The molecule has 25 heavy (non-hydrogen) atoms. The molecule has 0 aromatic heterocycles. The van der Waals surface area contributed by atoms with E-state index in [0.717, 1.165) is 18.6 Å². The Labute approximate surface area is 149 Å². The molecule has 2 aliphatic carbocycles. The smallest absolute Gasteiger partial charge is 0.237 e. The highest BCUT2D eigenvalue weighted by atomic mass is 19.1. The minimum atomic E-state index is -0.263. The summed E-state index contributed by atoms with van der Waals surface area (Å²) in [6, 6.07) is 6.33. The van der Waals surface area contributed by atoms with Crippen LogP contribution in [0.2, 0.25) is 0 Å². The standard InChI is InChI=1S/C20H29FN2O2/c1-3-25-18-12-17(20(18)10-4-5-11-20)23-14(2)19(24)22-13-15-6-8-16(21)9-7-15/h6-9,14,17-18,23H,3-5,10-13H2,1-2H3,(H,22,24)/t14-,17+,18-/m1/s1. The third-order valence-electron chi connectivity index (χ3n) is 5.91. The fourth-order valence-corrected chi connectivity index (χ4v) is 4.44. The van der Waals surface area contributed by atoms with Gasteiger partial charge in [-0.3, -0.25) is 4.79 Å². The van der Waals surface area contributed by atoms with Crippen molar-refractivity contribution in [2.24, 2.45) is 5.41 Å². The summed E-state index contributed by atoms with van der Waals surface area (Å²) in [5.74, 6) is -0.279. The van der Waals surface area contributed by atoms with Gasteiger partial charge < -0.3 is 15.4 Å².